The van der Waals surface area contributed by atoms with Crippen molar-refractivity contribution in [1.82, 2.24) is 4.57 Å². The Hall–Kier alpha value is -5.82. The van der Waals surface area contributed by atoms with Gasteiger partial charge in [-0.25, -0.2) is 0 Å². The fourth-order valence-corrected chi connectivity index (χ4v) is 12.3. The number of rotatable bonds is 3. The van der Waals surface area contributed by atoms with E-state index in [2.05, 4.69) is 201 Å². The molecule has 0 aliphatic carbocycles. The van der Waals surface area contributed by atoms with Gasteiger partial charge >= 0.3 is 0 Å². The largest absolute Gasteiger partial charge is 0.456 e. The summed E-state index contributed by atoms with van der Waals surface area (Å²) < 4.78 is 14.5. The fraction of sp³-hybridized carbons (Fsp3) is 0.214. The first-order chi connectivity index (χ1) is 29.6. The van der Waals surface area contributed by atoms with Crippen LogP contribution in [0.1, 0.15) is 79.0 Å². The third-order valence-corrected chi connectivity index (χ3v) is 15.6. The van der Waals surface area contributed by atoms with Gasteiger partial charge < -0.3 is 14.3 Å². The van der Waals surface area contributed by atoms with Crippen molar-refractivity contribution in [1.29, 1.82) is 0 Å². The van der Waals surface area contributed by atoms with Crippen molar-refractivity contribution in [2.45, 2.75) is 78.6 Å². The highest BCUT2D eigenvalue weighted by Gasteiger charge is 2.34. The Morgan fingerprint density at radius 2 is 1.19 bits per heavy atom. The zero-order chi connectivity index (χ0) is 42.6. The van der Waals surface area contributed by atoms with E-state index in [1.807, 2.05) is 22.7 Å². The second-order valence-electron chi connectivity index (χ2n) is 20.5. The molecule has 303 valence electrons. The number of thiophene rings is 2. The van der Waals surface area contributed by atoms with Crippen molar-refractivity contribution < 1.29 is 4.42 Å². The summed E-state index contributed by atoms with van der Waals surface area (Å²) in [6.45, 7) is 20.8. The van der Waals surface area contributed by atoms with Crippen LogP contribution in [-0.4, -0.2) is 11.8 Å². The molecule has 7 aromatic carbocycles. The molecule has 0 saturated heterocycles. The first-order valence-electron chi connectivity index (χ1n) is 21.8. The van der Waals surface area contributed by atoms with Gasteiger partial charge in [0.25, 0.3) is 0 Å². The highest BCUT2D eigenvalue weighted by Crippen LogP contribution is 2.51. The summed E-state index contributed by atoms with van der Waals surface area (Å²) in [5.41, 5.74) is 15.4. The lowest BCUT2D eigenvalue weighted by Crippen LogP contribution is -2.35. The Morgan fingerprint density at radius 3 is 1.94 bits per heavy atom. The molecule has 0 bridgehead atoms. The Bertz CT molecular complexity index is 3690. The van der Waals surface area contributed by atoms with E-state index in [4.69, 9.17) is 4.42 Å². The normalized spacial score (nSPS) is 13.4. The van der Waals surface area contributed by atoms with Gasteiger partial charge in [0.05, 0.1) is 22.4 Å². The van der Waals surface area contributed by atoms with Crippen molar-refractivity contribution >= 4 is 126 Å². The summed E-state index contributed by atoms with van der Waals surface area (Å²) in [5, 5.41) is 12.8. The maximum atomic E-state index is 6.63. The van der Waals surface area contributed by atoms with Crippen LogP contribution >= 0.6 is 22.7 Å². The minimum Gasteiger partial charge on any atom is -0.456 e. The van der Waals surface area contributed by atoms with Crippen molar-refractivity contribution in [2.24, 2.45) is 0 Å². The number of hydrogen-bond acceptors (Lipinski definition) is 4. The van der Waals surface area contributed by atoms with E-state index >= 15 is 0 Å². The number of benzene rings is 7. The quantitative estimate of drug-likeness (QED) is 0.180. The Balaban J connectivity index is 1.26. The molecule has 1 aliphatic rings. The topological polar surface area (TPSA) is 30.1 Å². The van der Waals surface area contributed by atoms with Gasteiger partial charge in [-0.15, -0.1) is 22.7 Å². The third-order valence-electron chi connectivity index (χ3n) is 13.3. The van der Waals surface area contributed by atoms with Crippen molar-refractivity contribution in [3.8, 4) is 16.8 Å². The molecule has 1 radical (unpaired) electrons. The molecular formula is C56H48BN2OS2. The number of aromatic nitrogens is 1. The van der Waals surface area contributed by atoms with Crippen LogP contribution < -0.4 is 15.6 Å². The van der Waals surface area contributed by atoms with Crippen LogP contribution in [0.2, 0.25) is 0 Å². The van der Waals surface area contributed by atoms with Crippen molar-refractivity contribution in [3.63, 3.8) is 0 Å². The van der Waals surface area contributed by atoms with Gasteiger partial charge in [0.1, 0.15) is 11.2 Å². The van der Waals surface area contributed by atoms with Crippen LogP contribution in [-0.2, 0) is 16.2 Å². The number of nitrogens with one attached hydrogen (secondary N) is 1. The zero-order valence-corrected chi connectivity index (χ0v) is 38.4. The summed E-state index contributed by atoms with van der Waals surface area (Å²) in [6.07, 6.45) is 0. The second kappa shape index (κ2) is 12.9. The number of furan rings is 1. The third kappa shape index (κ3) is 5.55. The molecule has 0 unspecified atom stereocenters. The van der Waals surface area contributed by atoms with Gasteiger partial charge in [-0.1, -0.05) is 123 Å². The fourth-order valence-electron chi connectivity index (χ4n) is 9.94. The van der Waals surface area contributed by atoms with Crippen LogP contribution in [0, 0.1) is 0 Å². The van der Waals surface area contributed by atoms with Gasteiger partial charge in [0.2, 0.25) is 7.28 Å². The minimum absolute atomic E-state index is 0.00670. The average molecular weight is 840 g/mol. The van der Waals surface area contributed by atoms with Crippen molar-refractivity contribution in [3.05, 3.63) is 138 Å². The van der Waals surface area contributed by atoms with Crippen LogP contribution in [0.25, 0.3) is 90.8 Å². The van der Waals surface area contributed by atoms with E-state index in [9.17, 15) is 0 Å². The predicted molar refractivity (Wildman–Crippen MR) is 273 cm³/mol. The van der Waals surface area contributed by atoms with Gasteiger partial charge in [0.15, 0.2) is 0 Å². The second-order valence-corrected chi connectivity index (χ2v) is 22.6. The molecule has 1 N–H and O–H groups in total. The van der Waals surface area contributed by atoms with E-state index in [1.165, 1.54) is 90.2 Å². The van der Waals surface area contributed by atoms with E-state index in [0.717, 1.165) is 38.9 Å². The first-order valence-corrected chi connectivity index (χ1v) is 23.5. The zero-order valence-electron chi connectivity index (χ0n) is 36.8. The Morgan fingerprint density at radius 1 is 0.548 bits per heavy atom. The van der Waals surface area contributed by atoms with E-state index in [0.29, 0.717) is 0 Å². The average Bonchev–Trinajstić information content (AvgIpc) is 3.99. The number of hydrogen-bond donors (Lipinski definition) is 1. The molecule has 0 atom stereocenters. The van der Waals surface area contributed by atoms with E-state index in [1.54, 1.807) is 0 Å². The standard InChI is InChI=1S/C56H48BN2OS2/c1-54(2,3)30-18-22-33(23-19-30)58-40-29-43-36(34-14-10-12-16-42(34)60-43)28-37(40)46-47-35-15-11-13-17-44(35)61-52(47)48-38-26-31(55(4,5)6)20-24-41(38)59-50-39-27-32(56(7,8)9)21-25-45(39)62-53(50)57-49(46)51(48)59/h10-29,58H,1-9H3. The lowest BCUT2D eigenvalue weighted by Gasteiger charge is -2.24. The predicted octanol–water partition coefficient (Wildman–Crippen LogP) is 15.5. The number of para-hydroxylation sites is 1. The Labute approximate surface area is 371 Å². The maximum Gasteiger partial charge on any atom is 0.211 e. The van der Waals surface area contributed by atoms with Gasteiger partial charge in [-0.05, 0) is 103 Å². The molecule has 12 rings (SSSR count). The summed E-state index contributed by atoms with van der Waals surface area (Å²) in [5.74, 6) is 0. The van der Waals surface area contributed by atoms with Crippen LogP contribution in [0.3, 0.4) is 0 Å². The van der Waals surface area contributed by atoms with Crippen LogP contribution in [0.4, 0.5) is 11.4 Å². The molecule has 6 heteroatoms. The maximum absolute atomic E-state index is 6.63. The lowest BCUT2D eigenvalue weighted by atomic mass is 9.62. The van der Waals surface area contributed by atoms with Gasteiger partial charge in [-0.2, -0.15) is 0 Å². The molecule has 4 aromatic heterocycles. The molecule has 5 heterocycles. The molecule has 62 heavy (non-hydrogen) atoms. The number of fused-ring (bicyclic) bond motifs is 14. The molecule has 11 aromatic rings. The van der Waals surface area contributed by atoms with Crippen LogP contribution in [0.5, 0.6) is 0 Å². The van der Waals surface area contributed by atoms with Crippen LogP contribution in [0.15, 0.2) is 126 Å². The number of nitrogens with zero attached hydrogens (tertiary/aromatic N) is 1. The summed E-state index contributed by atoms with van der Waals surface area (Å²) in [7, 11) is 2.53. The highest BCUT2D eigenvalue weighted by atomic mass is 32.1. The van der Waals surface area contributed by atoms with E-state index < -0.39 is 0 Å². The van der Waals surface area contributed by atoms with Crippen molar-refractivity contribution in [2.75, 3.05) is 5.32 Å². The highest BCUT2D eigenvalue weighted by molar-refractivity contribution is 7.29. The van der Waals surface area contributed by atoms with Gasteiger partial charge in [0, 0.05) is 69.1 Å². The monoisotopic (exact) mass is 839 g/mol. The molecule has 1 aliphatic heterocycles. The summed E-state index contributed by atoms with van der Waals surface area (Å²) in [4.78, 5) is 0. The lowest BCUT2D eigenvalue weighted by molar-refractivity contribution is 0.590. The van der Waals surface area contributed by atoms with Gasteiger partial charge in [-0.3, -0.25) is 0 Å². The van der Waals surface area contributed by atoms with E-state index in [-0.39, 0.29) is 16.2 Å². The molecule has 0 saturated carbocycles. The SMILES string of the molecule is CC(C)(C)c1ccc(Nc2cc3oc4ccccc4c3cc2-c2c3c4c(c5cc(C(C)(C)C)ccc5n4-c4c(sc5ccc(C(C)(C)C)cc45)[B]3)c3sc4ccccc4c23)cc1. The summed E-state index contributed by atoms with van der Waals surface area (Å²) in [6, 6.07) is 45.5. The molecule has 0 fully saturated rings. The number of anilines is 2. The molecule has 3 nitrogen and oxygen atoms in total. The minimum atomic E-state index is -0.00670. The first kappa shape index (κ1) is 37.9. The smallest absolute Gasteiger partial charge is 0.211 e. The Kier molecular flexibility index (Phi) is 7.87. The molecule has 0 amide bonds. The summed E-state index contributed by atoms with van der Waals surface area (Å²) >= 11 is 3.85. The molecular weight excluding hydrogens is 792 g/mol. The molecule has 0 spiro atoms.